The molecule has 0 saturated heterocycles. The van der Waals surface area contributed by atoms with Gasteiger partial charge in [-0.25, -0.2) is 0 Å². The molecular weight excluding hydrogens is 343 g/mol. The summed E-state index contributed by atoms with van der Waals surface area (Å²) in [6.45, 7) is 2.03. The summed E-state index contributed by atoms with van der Waals surface area (Å²) in [5, 5.41) is -0.291. The molecule has 0 aliphatic heterocycles. The van der Waals surface area contributed by atoms with Crippen LogP contribution < -0.4 is 4.74 Å². The average molecular weight is 363 g/mol. The van der Waals surface area contributed by atoms with Gasteiger partial charge in [0.1, 0.15) is 5.75 Å². The fourth-order valence-electron chi connectivity index (χ4n) is 2.69. The van der Waals surface area contributed by atoms with E-state index in [1.54, 1.807) is 30.3 Å². The predicted molar refractivity (Wildman–Crippen MR) is 97.8 cm³/mol. The minimum Gasteiger partial charge on any atom is -0.496 e. The Kier molecular flexibility index (Phi) is 6.96. The number of para-hydroxylation sites is 1. The van der Waals surface area contributed by atoms with E-state index in [1.807, 2.05) is 25.1 Å². The smallest absolute Gasteiger partial charge is 0.197 e. The normalized spacial score (nSPS) is 13.5. The molecule has 24 heavy (non-hydrogen) atoms. The third kappa shape index (κ3) is 4.03. The molecule has 0 bridgehead atoms. The van der Waals surface area contributed by atoms with Crippen LogP contribution in [0, 0.1) is 0 Å². The second-order valence-corrected chi connectivity index (χ2v) is 6.80. The van der Waals surface area contributed by atoms with Crippen LogP contribution in [-0.4, -0.2) is 18.3 Å². The molecule has 3 nitrogen and oxygen atoms in total. The minimum atomic E-state index is -0.415. The molecule has 0 aliphatic rings. The van der Waals surface area contributed by atoms with E-state index in [-0.39, 0.29) is 19.6 Å². The number of alkyl halides is 1. The Morgan fingerprint density at radius 2 is 1.75 bits per heavy atom. The molecule has 0 fully saturated rings. The maximum Gasteiger partial charge on any atom is 0.197 e. The van der Waals surface area contributed by atoms with Crippen LogP contribution in [0.1, 0.15) is 46.9 Å². The topological polar surface area (TPSA) is 43.4 Å². The Labute approximate surface area is 149 Å². The van der Waals surface area contributed by atoms with Gasteiger partial charge in [-0.2, -0.15) is 0 Å². The molecule has 5 heteroatoms. The van der Waals surface area contributed by atoms with Crippen molar-refractivity contribution in [2.75, 3.05) is 7.11 Å². The molecule has 0 amide bonds. The predicted octanol–water partition coefficient (Wildman–Crippen LogP) is 5.67. The quantitative estimate of drug-likeness (QED) is 0.345. The van der Waals surface area contributed by atoms with Gasteiger partial charge < -0.3 is 4.74 Å². The first kappa shape index (κ1) is 18.6. The maximum atomic E-state index is 13.0. The van der Waals surface area contributed by atoms with E-state index in [1.165, 1.54) is 7.11 Å². The summed E-state index contributed by atoms with van der Waals surface area (Å²) in [7, 11) is 1.45. The Morgan fingerprint density at radius 1 is 1.12 bits per heavy atom. The molecular formula is C19H20ClO3P. The first-order chi connectivity index (χ1) is 11.6. The molecule has 0 radical (unpaired) electrons. The SMILES string of the molecule is CCCC(Cl)C(P=O)c1ccccc1C(=O)c1ccccc1OC. The average Bonchev–Trinajstić information content (AvgIpc) is 2.62. The number of hydrogen-bond donors (Lipinski definition) is 0. The minimum absolute atomic E-state index is 0.0811. The fraction of sp³-hybridized carbons (Fsp3) is 0.316. The van der Waals surface area contributed by atoms with Crippen LogP contribution in [0.25, 0.3) is 0 Å². The molecule has 2 aromatic carbocycles. The number of methoxy groups -OCH3 is 1. The molecule has 126 valence electrons. The van der Waals surface area contributed by atoms with Gasteiger partial charge in [-0.05, 0) is 24.1 Å². The van der Waals surface area contributed by atoms with Crippen molar-refractivity contribution in [2.45, 2.75) is 30.8 Å². The lowest BCUT2D eigenvalue weighted by atomic mass is 9.94. The van der Waals surface area contributed by atoms with Gasteiger partial charge in [-0.3, -0.25) is 9.36 Å². The fourth-order valence-corrected chi connectivity index (χ4v) is 3.80. The van der Waals surface area contributed by atoms with Crippen molar-refractivity contribution < 1.29 is 14.1 Å². The highest BCUT2D eigenvalue weighted by atomic mass is 35.5. The third-order valence-corrected chi connectivity index (χ3v) is 5.41. The number of hydrogen-bond acceptors (Lipinski definition) is 3. The number of halogens is 1. The number of carbonyl (C=O) groups is 1. The second kappa shape index (κ2) is 8.96. The first-order valence-electron chi connectivity index (χ1n) is 7.87. The van der Waals surface area contributed by atoms with Crippen LogP contribution in [0.2, 0.25) is 0 Å². The van der Waals surface area contributed by atoms with Crippen molar-refractivity contribution in [3.8, 4) is 5.75 Å². The highest BCUT2D eigenvalue weighted by Crippen LogP contribution is 2.38. The van der Waals surface area contributed by atoms with Crippen molar-refractivity contribution >= 4 is 25.8 Å². The first-order valence-corrected chi connectivity index (χ1v) is 9.19. The molecule has 0 heterocycles. The molecule has 2 atom stereocenters. The van der Waals surface area contributed by atoms with E-state index in [2.05, 4.69) is 0 Å². The summed E-state index contributed by atoms with van der Waals surface area (Å²) in [6.07, 6.45) is 1.63. The largest absolute Gasteiger partial charge is 0.496 e. The van der Waals surface area contributed by atoms with E-state index in [0.29, 0.717) is 22.4 Å². The summed E-state index contributed by atoms with van der Waals surface area (Å²) >= 11 is 6.42. The second-order valence-electron chi connectivity index (χ2n) is 5.47. The Bertz CT molecular complexity index is 717. The number of ether oxygens (including phenoxy) is 1. The summed E-state index contributed by atoms with van der Waals surface area (Å²) < 4.78 is 17.0. The van der Waals surface area contributed by atoms with Crippen LogP contribution in [0.15, 0.2) is 48.5 Å². The van der Waals surface area contributed by atoms with Gasteiger partial charge in [0.2, 0.25) is 0 Å². The zero-order valence-corrected chi connectivity index (χ0v) is 15.4. The number of carbonyl (C=O) groups excluding carboxylic acids is 1. The van der Waals surface area contributed by atoms with Crippen molar-refractivity contribution in [1.82, 2.24) is 0 Å². The van der Waals surface area contributed by atoms with Crippen LogP contribution in [0.3, 0.4) is 0 Å². The summed E-state index contributed by atoms with van der Waals surface area (Å²) in [4.78, 5) is 13.0. The van der Waals surface area contributed by atoms with E-state index in [4.69, 9.17) is 16.3 Å². The lowest BCUT2D eigenvalue weighted by molar-refractivity contribution is 0.103. The van der Waals surface area contributed by atoms with Crippen molar-refractivity contribution in [3.05, 3.63) is 65.2 Å². The summed E-state index contributed by atoms with van der Waals surface area (Å²) in [5.41, 5.74) is 1.28. The zero-order chi connectivity index (χ0) is 17.5. The molecule has 0 spiro atoms. The van der Waals surface area contributed by atoms with E-state index in [9.17, 15) is 9.36 Å². The van der Waals surface area contributed by atoms with Crippen molar-refractivity contribution in [3.63, 3.8) is 0 Å². The summed E-state index contributed by atoms with van der Waals surface area (Å²) in [6, 6.07) is 14.3. The number of benzene rings is 2. The van der Waals surface area contributed by atoms with Gasteiger partial charge in [-0.15, -0.1) is 11.6 Å². The molecule has 0 aromatic heterocycles. The molecule has 0 N–H and O–H groups in total. The molecule has 2 rings (SSSR count). The lowest BCUT2D eigenvalue weighted by Gasteiger charge is -2.19. The van der Waals surface area contributed by atoms with Gasteiger partial charge in [-0.1, -0.05) is 49.7 Å². The Balaban J connectivity index is 2.48. The van der Waals surface area contributed by atoms with Gasteiger partial charge in [0.25, 0.3) is 0 Å². The molecule has 2 aromatic rings. The van der Waals surface area contributed by atoms with Gasteiger partial charge in [0, 0.05) is 5.56 Å². The Morgan fingerprint density at radius 3 is 2.38 bits per heavy atom. The number of rotatable bonds is 8. The lowest BCUT2D eigenvalue weighted by Crippen LogP contribution is -2.13. The van der Waals surface area contributed by atoms with Crippen molar-refractivity contribution in [1.29, 1.82) is 0 Å². The van der Waals surface area contributed by atoms with E-state index < -0.39 is 5.66 Å². The highest BCUT2D eigenvalue weighted by Gasteiger charge is 2.27. The monoisotopic (exact) mass is 362 g/mol. The van der Waals surface area contributed by atoms with Crippen molar-refractivity contribution in [2.24, 2.45) is 0 Å². The maximum absolute atomic E-state index is 13.0. The highest BCUT2D eigenvalue weighted by molar-refractivity contribution is 7.24. The van der Waals surface area contributed by atoms with E-state index >= 15 is 0 Å². The standard InChI is InChI=1S/C19H20ClO3P/c1-3-8-16(20)19(24-22)14-10-5-4-9-13(14)18(21)15-11-6-7-12-17(15)23-2/h4-7,9-12,16,19H,3,8H2,1-2H3. The molecule has 0 saturated carbocycles. The molecule has 2 unspecified atom stereocenters. The molecule has 0 aliphatic carbocycles. The zero-order valence-electron chi connectivity index (χ0n) is 13.7. The van der Waals surface area contributed by atoms with E-state index in [0.717, 1.165) is 12.8 Å². The van der Waals surface area contributed by atoms with Crippen LogP contribution in [-0.2, 0) is 4.57 Å². The van der Waals surface area contributed by atoms with Crippen LogP contribution in [0.4, 0.5) is 0 Å². The Hall–Kier alpha value is -1.70. The van der Waals surface area contributed by atoms with Gasteiger partial charge in [0.05, 0.1) is 23.7 Å². The van der Waals surface area contributed by atoms with Gasteiger partial charge >= 0.3 is 0 Å². The van der Waals surface area contributed by atoms with Crippen LogP contribution in [0.5, 0.6) is 5.75 Å². The van der Waals surface area contributed by atoms with Crippen LogP contribution >= 0.6 is 20.1 Å². The van der Waals surface area contributed by atoms with Gasteiger partial charge in [0.15, 0.2) is 14.2 Å². The number of ketones is 1. The summed E-state index contributed by atoms with van der Waals surface area (Å²) in [5.74, 6) is 0.363. The third-order valence-electron chi connectivity index (χ3n) is 3.90.